The van der Waals surface area contributed by atoms with Gasteiger partial charge in [0.15, 0.2) is 0 Å². The number of anilines is 2. The quantitative estimate of drug-likeness (QED) is 0.698. The molecular formula is C21H22ClN5O. The highest BCUT2D eigenvalue weighted by atomic mass is 35.5. The lowest BCUT2D eigenvalue weighted by molar-refractivity contribution is 0.102. The van der Waals surface area contributed by atoms with Crippen LogP contribution in [0, 0.1) is 0 Å². The standard InChI is InChI=1S/C21H22ClN5O/c1-2-19-18(14-24-27(19)17-7-5-6-15(22)12-17)21(28)25-16-8-9-20(23-13-16)26-10-3-4-11-26/h5-9,12-14H,2-4,10-11H2,1H3,(H,25,28). The van der Waals surface area contributed by atoms with Crippen LogP contribution < -0.4 is 10.2 Å². The van der Waals surface area contributed by atoms with Gasteiger partial charge in [-0.1, -0.05) is 24.6 Å². The summed E-state index contributed by atoms with van der Waals surface area (Å²) in [5.74, 6) is 0.763. The molecule has 0 atom stereocenters. The molecule has 1 fully saturated rings. The summed E-state index contributed by atoms with van der Waals surface area (Å²) in [4.78, 5) is 19.6. The number of benzene rings is 1. The summed E-state index contributed by atoms with van der Waals surface area (Å²) < 4.78 is 1.76. The minimum atomic E-state index is -0.194. The van der Waals surface area contributed by atoms with Crippen LogP contribution in [0.4, 0.5) is 11.5 Å². The van der Waals surface area contributed by atoms with Gasteiger partial charge in [-0.3, -0.25) is 4.79 Å². The average molecular weight is 396 g/mol. The Morgan fingerprint density at radius 2 is 2.00 bits per heavy atom. The fourth-order valence-corrected chi connectivity index (χ4v) is 3.71. The van der Waals surface area contributed by atoms with Crippen molar-refractivity contribution in [3.63, 3.8) is 0 Å². The van der Waals surface area contributed by atoms with E-state index in [4.69, 9.17) is 11.6 Å². The molecule has 1 amide bonds. The molecule has 144 valence electrons. The van der Waals surface area contributed by atoms with E-state index in [9.17, 15) is 4.79 Å². The van der Waals surface area contributed by atoms with Gasteiger partial charge in [0.25, 0.3) is 5.91 Å². The molecule has 3 aromatic rings. The molecule has 4 rings (SSSR count). The van der Waals surface area contributed by atoms with E-state index >= 15 is 0 Å². The summed E-state index contributed by atoms with van der Waals surface area (Å²) >= 11 is 6.10. The zero-order valence-electron chi connectivity index (χ0n) is 15.7. The number of nitrogens with zero attached hydrogens (tertiary/aromatic N) is 4. The number of amides is 1. The molecule has 0 unspecified atom stereocenters. The van der Waals surface area contributed by atoms with Crippen LogP contribution in [-0.2, 0) is 6.42 Å². The first-order chi connectivity index (χ1) is 13.7. The molecule has 1 aliphatic heterocycles. The van der Waals surface area contributed by atoms with Crippen LogP contribution in [-0.4, -0.2) is 33.8 Å². The molecule has 1 saturated heterocycles. The van der Waals surface area contributed by atoms with Crippen molar-refractivity contribution < 1.29 is 4.79 Å². The first kappa shape index (κ1) is 18.5. The molecule has 0 spiro atoms. The topological polar surface area (TPSA) is 63.1 Å². The normalized spacial score (nSPS) is 13.7. The van der Waals surface area contributed by atoms with Crippen LogP contribution in [0.15, 0.2) is 48.8 Å². The van der Waals surface area contributed by atoms with Crippen LogP contribution in [0.25, 0.3) is 5.69 Å². The van der Waals surface area contributed by atoms with Crippen molar-refractivity contribution in [1.29, 1.82) is 0 Å². The first-order valence-electron chi connectivity index (χ1n) is 9.51. The first-order valence-corrected chi connectivity index (χ1v) is 9.88. The maximum absolute atomic E-state index is 12.8. The Kier molecular flexibility index (Phi) is 5.30. The fourth-order valence-electron chi connectivity index (χ4n) is 3.53. The Morgan fingerprint density at radius 1 is 1.18 bits per heavy atom. The molecule has 28 heavy (non-hydrogen) atoms. The molecule has 1 aromatic carbocycles. The Hall–Kier alpha value is -2.86. The van der Waals surface area contributed by atoms with E-state index in [-0.39, 0.29) is 5.91 Å². The second-order valence-electron chi connectivity index (χ2n) is 6.80. The number of rotatable bonds is 5. The summed E-state index contributed by atoms with van der Waals surface area (Å²) in [6.07, 6.45) is 6.38. The van der Waals surface area contributed by atoms with Crippen LogP contribution in [0.3, 0.4) is 0 Å². The summed E-state index contributed by atoms with van der Waals surface area (Å²) in [6.45, 7) is 4.09. The predicted molar refractivity (Wildman–Crippen MR) is 112 cm³/mol. The van der Waals surface area contributed by atoms with E-state index in [0.29, 0.717) is 22.7 Å². The maximum Gasteiger partial charge on any atom is 0.259 e. The molecule has 3 heterocycles. The molecule has 2 aromatic heterocycles. The van der Waals surface area contributed by atoms with Crippen molar-refractivity contribution in [2.24, 2.45) is 0 Å². The number of hydrogen-bond acceptors (Lipinski definition) is 4. The van der Waals surface area contributed by atoms with Gasteiger partial charge >= 0.3 is 0 Å². The molecule has 6 nitrogen and oxygen atoms in total. The van der Waals surface area contributed by atoms with Crippen LogP contribution >= 0.6 is 11.6 Å². The van der Waals surface area contributed by atoms with Crippen LogP contribution in [0.1, 0.15) is 35.8 Å². The third kappa shape index (κ3) is 3.73. The Labute approximate surface area is 169 Å². The zero-order chi connectivity index (χ0) is 19.5. The largest absolute Gasteiger partial charge is 0.357 e. The summed E-state index contributed by atoms with van der Waals surface area (Å²) in [5.41, 5.74) is 2.89. The third-order valence-corrected chi connectivity index (χ3v) is 5.17. The van der Waals surface area contributed by atoms with Gasteiger partial charge in [0.2, 0.25) is 0 Å². The molecule has 0 saturated carbocycles. The van der Waals surface area contributed by atoms with Gasteiger partial charge in [-0.15, -0.1) is 0 Å². The molecule has 0 bridgehead atoms. The van der Waals surface area contributed by atoms with Gasteiger partial charge in [0, 0.05) is 18.1 Å². The number of hydrogen-bond donors (Lipinski definition) is 1. The van der Waals surface area contributed by atoms with Crippen LogP contribution in [0.5, 0.6) is 0 Å². The summed E-state index contributed by atoms with van der Waals surface area (Å²) in [5, 5.41) is 7.96. The predicted octanol–water partition coefficient (Wildman–Crippen LogP) is 4.34. The number of halogens is 1. The van der Waals surface area contributed by atoms with Gasteiger partial charge in [-0.25, -0.2) is 9.67 Å². The van der Waals surface area contributed by atoms with E-state index < -0.39 is 0 Å². The van der Waals surface area contributed by atoms with Gasteiger partial charge in [-0.05, 0) is 49.6 Å². The van der Waals surface area contributed by atoms with Crippen molar-refractivity contribution in [2.45, 2.75) is 26.2 Å². The summed E-state index contributed by atoms with van der Waals surface area (Å²) in [6, 6.07) is 11.3. The Morgan fingerprint density at radius 3 is 2.68 bits per heavy atom. The minimum absolute atomic E-state index is 0.194. The highest BCUT2D eigenvalue weighted by Crippen LogP contribution is 2.22. The second-order valence-corrected chi connectivity index (χ2v) is 7.24. The van der Waals surface area contributed by atoms with E-state index in [1.165, 1.54) is 12.8 Å². The van der Waals surface area contributed by atoms with Crippen molar-refractivity contribution in [3.05, 3.63) is 65.1 Å². The second kappa shape index (κ2) is 8.02. The molecular weight excluding hydrogens is 374 g/mol. The third-order valence-electron chi connectivity index (χ3n) is 4.94. The minimum Gasteiger partial charge on any atom is -0.357 e. The number of carbonyl (C=O) groups is 1. The Bertz CT molecular complexity index is 977. The van der Waals surface area contributed by atoms with E-state index in [1.807, 2.05) is 43.3 Å². The Balaban J connectivity index is 1.53. The van der Waals surface area contributed by atoms with Crippen LogP contribution in [0.2, 0.25) is 5.02 Å². The van der Waals surface area contributed by atoms with Gasteiger partial charge in [0.05, 0.1) is 35.0 Å². The number of carbonyl (C=O) groups excluding carboxylic acids is 1. The van der Waals surface area contributed by atoms with Crippen molar-refractivity contribution >= 4 is 29.0 Å². The monoisotopic (exact) mass is 395 g/mol. The van der Waals surface area contributed by atoms with E-state index in [0.717, 1.165) is 30.3 Å². The van der Waals surface area contributed by atoms with Crippen molar-refractivity contribution in [3.8, 4) is 5.69 Å². The highest BCUT2D eigenvalue weighted by molar-refractivity contribution is 6.30. The van der Waals surface area contributed by atoms with E-state index in [1.54, 1.807) is 17.1 Å². The number of pyridine rings is 1. The maximum atomic E-state index is 12.8. The fraction of sp³-hybridized carbons (Fsp3) is 0.286. The van der Waals surface area contributed by atoms with Gasteiger partial charge in [-0.2, -0.15) is 5.10 Å². The van der Waals surface area contributed by atoms with Gasteiger partial charge in [0.1, 0.15) is 5.82 Å². The summed E-state index contributed by atoms with van der Waals surface area (Å²) in [7, 11) is 0. The molecule has 7 heteroatoms. The zero-order valence-corrected chi connectivity index (χ0v) is 16.5. The highest BCUT2D eigenvalue weighted by Gasteiger charge is 2.18. The number of nitrogens with one attached hydrogen (secondary N) is 1. The lowest BCUT2D eigenvalue weighted by Crippen LogP contribution is -2.19. The SMILES string of the molecule is CCc1c(C(=O)Nc2ccc(N3CCCC3)nc2)cnn1-c1cccc(Cl)c1. The van der Waals surface area contributed by atoms with E-state index in [2.05, 4.69) is 20.3 Å². The van der Waals surface area contributed by atoms with Crippen molar-refractivity contribution in [1.82, 2.24) is 14.8 Å². The molecule has 0 radical (unpaired) electrons. The van der Waals surface area contributed by atoms with Gasteiger partial charge < -0.3 is 10.2 Å². The number of aromatic nitrogens is 3. The molecule has 1 aliphatic rings. The smallest absolute Gasteiger partial charge is 0.259 e. The average Bonchev–Trinajstić information content (AvgIpc) is 3.38. The van der Waals surface area contributed by atoms with Crippen molar-refractivity contribution in [2.75, 3.05) is 23.3 Å². The lowest BCUT2D eigenvalue weighted by Gasteiger charge is -2.16. The molecule has 1 N–H and O–H groups in total. The lowest BCUT2D eigenvalue weighted by atomic mass is 10.2. The molecule has 0 aliphatic carbocycles.